The smallest absolute Gasteiger partial charge is 0.243 e. The molecule has 2 aromatic carbocycles. The highest BCUT2D eigenvalue weighted by atomic mass is 32.2. The lowest BCUT2D eigenvalue weighted by Gasteiger charge is -2.36. The van der Waals surface area contributed by atoms with Crippen molar-refractivity contribution in [1.82, 2.24) is 4.31 Å². The van der Waals surface area contributed by atoms with Gasteiger partial charge in [-0.25, -0.2) is 8.42 Å². The zero-order valence-electron chi connectivity index (χ0n) is 19.4. The zero-order valence-corrected chi connectivity index (χ0v) is 20.2. The van der Waals surface area contributed by atoms with E-state index in [9.17, 15) is 13.2 Å². The van der Waals surface area contributed by atoms with Crippen LogP contribution in [0.15, 0.2) is 41.3 Å². The third kappa shape index (κ3) is 4.34. The molecular weight excluding hydrogens is 456 g/mol. The Morgan fingerprint density at radius 3 is 2.50 bits per heavy atom. The van der Waals surface area contributed by atoms with E-state index in [4.69, 9.17) is 14.2 Å². The SMILES string of the molecule is COc1ccc2c(c1)CCCN2C(=O)C1CCN(S(=O)(=O)c2ccc3c(c2)OCCCO3)CC1. The molecule has 1 fully saturated rings. The molecule has 0 radical (unpaired) electrons. The second-order valence-electron chi connectivity index (χ2n) is 8.93. The molecule has 3 heterocycles. The number of carbonyl (C=O) groups is 1. The number of hydrogen-bond donors (Lipinski definition) is 0. The van der Waals surface area contributed by atoms with Crippen LogP contribution in [0.2, 0.25) is 0 Å². The Bertz CT molecular complexity index is 1170. The summed E-state index contributed by atoms with van der Waals surface area (Å²) in [7, 11) is -2.04. The van der Waals surface area contributed by atoms with Gasteiger partial charge in [-0.05, 0) is 61.6 Å². The minimum absolute atomic E-state index is 0.0822. The van der Waals surface area contributed by atoms with E-state index in [1.165, 1.54) is 4.31 Å². The highest BCUT2D eigenvalue weighted by Gasteiger charge is 2.35. The largest absolute Gasteiger partial charge is 0.497 e. The van der Waals surface area contributed by atoms with E-state index in [0.29, 0.717) is 57.2 Å². The van der Waals surface area contributed by atoms with Crippen LogP contribution in [0.4, 0.5) is 5.69 Å². The molecule has 0 saturated carbocycles. The number of aryl methyl sites for hydroxylation is 1. The fourth-order valence-electron chi connectivity index (χ4n) is 4.95. The first-order valence-electron chi connectivity index (χ1n) is 11.9. The van der Waals surface area contributed by atoms with Crippen LogP contribution < -0.4 is 19.1 Å². The quantitative estimate of drug-likeness (QED) is 0.660. The number of nitrogens with zero attached hydrogens (tertiary/aromatic N) is 2. The molecule has 2 aromatic rings. The molecular formula is C25H30N2O6S. The highest BCUT2D eigenvalue weighted by molar-refractivity contribution is 7.89. The summed E-state index contributed by atoms with van der Waals surface area (Å²) in [5, 5.41) is 0. The molecule has 0 aliphatic carbocycles. The van der Waals surface area contributed by atoms with Crippen molar-refractivity contribution in [3.8, 4) is 17.2 Å². The van der Waals surface area contributed by atoms with Crippen molar-refractivity contribution < 1.29 is 27.4 Å². The summed E-state index contributed by atoms with van der Waals surface area (Å²) >= 11 is 0. The first-order chi connectivity index (χ1) is 16.5. The molecule has 1 amide bonds. The first-order valence-corrected chi connectivity index (χ1v) is 13.3. The van der Waals surface area contributed by atoms with E-state index in [1.807, 2.05) is 23.1 Å². The Kier molecular flexibility index (Phi) is 6.40. The Hall–Kier alpha value is -2.78. The van der Waals surface area contributed by atoms with Crippen LogP contribution in [0.1, 0.15) is 31.2 Å². The number of anilines is 1. The third-order valence-electron chi connectivity index (χ3n) is 6.83. The lowest BCUT2D eigenvalue weighted by atomic mass is 9.94. The fourth-order valence-corrected chi connectivity index (χ4v) is 6.43. The normalized spacial score (nSPS) is 19.3. The maximum atomic E-state index is 13.4. The summed E-state index contributed by atoms with van der Waals surface area (Å²) in [6, 6.07) is 10.6. The molecule has 8 nitrogen and oxygen atoms in total. The summed E-state index contributed by atoms with van der Waals surface area (Å²) < 4.78 is 44.7. The summed E-state index contributed by atoms with van der Waals surface area (Å²) in [5.41, 5.74) is 2.06. The molecule has 182 valence electrons. The number of hydrogen-bond acceptors (Lipinski definition) is 6. The van der Waals surface area contributed by atoms with Crippen LogP contribution in [-0.4, -0.2) is 58.6 Å². The minimum atomic E-state index is -3.68. The maximum absolute atomic E-state index is 13.4. The van der Waals surface area contributed by atoms with Crippen molar-refractivity contribution in [2.45, 2.75) is 37.0 Å². The summed E-state index contributed by atoms with van der Waals surface area (Å²) in [6.45, 7) is 2.37. The molecule has 9 heteroatoms. The monoisotopic (exact) mass is 486 g/mol. The minimum Gasteiger partial charge on any atom is -0.497 e. The van der Waals surface area contributed by atoms with E-state index in [0.717, 1.165) is 36.3 Å². The second-order valence-corrected chi connectivity index (χ2v) is 10.9. The van der Waals surface area contributed by atoms with Crippen LogP contribution in [-0.2, 0) is 21.2 Å². The topological polar surface area (TPSA) is 85.4 Å². The van der Waals surface area contributed by atoms with Crippen molar-refractivity contribution >= 4 is 21.6 Å². The van der Waals surface area contributed by atoms with E-state index in [2.05, 4.69) is 0 Å². The third-order valence-corrected chi connectivity index (χ3v) is 8.73. The van der Waals surface area contributed by atoms with E-state index >= 15 is 0 Å². The highest BCUT2D eigenvalue weighted by Crippen LogP contribution is 2.35. The van der Waals surface area contributed by atoms with Crippen molar-refractivity contribution in [3.63, 3.8) is 0 Å². The van der Waals surface area contributed by atoms with E-state index < -0.39 is 10.0 Å². The number of amides is 1. The van der Waals surface area contributed by atoms with Gasteiger partial charge in [0.15, 0.2) is 11.5 Å². The molecule has 0 unspecified atom stereocenters. The Labute approximate surface area is 200 Å². The van der Waals surface area contributed by atoms with E-state index in [1.54, 1.807) is 25.3 Å². The lowest BCUT2D eigenvalue weighted by molar-refractivity contribution is -0.123. The molecule has 5 rings (SSSR count). The average molecular weight is 487 g/mol. The van der Waals surface area contributed by atoms with Gasteiger partial charge in [-0.15, -0.1) is 0 Å². The fraction of sp³-hybridized carbons (Fsp3) is 0.480. The number of rotatable bonds is 4. The number of methoxy groups -OCH3 is 1. The van der Waals surface area contributed by atoms with Gasteiger partial charge in [0.2, 0.25) is 15.9 Å². The van der Waals surface area contributed by atoms with Gasteiger partial charge in [0.25, 0.3) is 0 Å². The number of sulfonamides is 1. The average Bonchev–Trinajstić information content (AvgIpc) is 3.12. The van der Waals surface area contributed by atoms with Gasteiger partial charge < -0.3 is 19.1 Å². The standard InChI is InChI=1S/C25H30N2O6S/c1-31-20-5-7-22-19(16-20)4-2-11-27(22)25(28)18-9-12-26(13-10-18)34(29,30)21-6-8-23-24(17-21)33-15-3-14-32-23/h5-8,16-18H,2-4,9-15H2,1H3. The molecule has 0 bridgehead atoms. The summed E-state index contributed by atoms with van der Waals surface area (Å²) in [6.07, 6.45) is 3.59. The Balaban J connectivity index is 1.27. The molecule has 0 atom stereocenters. The van der Waals surface area contributed by atoms with Gasteiger partial charge in [-0.3, -0.25) is 4.79 Å². The van der Waals surface area contributed by atoms with Crippen molar-refractivity contribution in [2.75, 3.05) is 44.9 Å². The Morgan fingerprint density at radius 1 is 0.971 bits per heavy atom. The molecule has 0 spiro atoms. The summed E-state index contributed by atoms with van der Waals surface area (Å²) in [5.74, 6) is 1.72. The van der Waals surface area contributed by atoms with Gasteiger partial charge in [0.1, 0.15) is 5.75 Å². The van der Waals surface area contributed by atoms with Crippen LogP contribution in [0.25, 0.3) is 0 Å². The van der Waals surface area contributed by atoms with Crippen LogP contribution in [0.3, 0.4) is 0 Å². The predicted molar refractivity (Wildman–Crippen MR) is 127 cm³/mol. The van der Waals surface area contributed by atoms with Crippen molar-refractivity contribution in [3.05, 3.63) is 42.0 Å². The maximum Gasteiger partial charge on any atom is 0.243 e. The second kappa shape index (κ2) is 9.46. The van der Waals surface area contributed by atoms with Gasteiger partial charge in [0.05, 0.1) is 25.2 Å². The van der Waals surface area contributed by atoms with E-state index in [-0.39, 0.29) is 16.7 Å². The zero-order chi connectivity index (χ0) is 23.7. The number of piperidine rings is 1. The van der Waals surface area contributed by atoms with Crippen LogP contribution in [0.5, 0.6) is 17.2 Å². The molecule has 34 heavy (non-hydrogen) atoms. The summed E-state index contributed by atoms with van der Waals surface area (Å²) in [4.78, 5) is 15.5. The molecule has 3 aliphatic heterocycles. The Morgan fingerprint density at radius 2 is 1.74 bits per heavy atom. The number of carbonyl (C=O) groups excluding carboxylic acids is 1. The van der Waals surface area contributed by atoms with Gasteiger partial charge >= 0.3 is 0 Å². The number of fused-ring (bicyclic) bond motifs is 2. The van der Waals surface area contributed by atoms with Crippen LogP contribution in [0, 0.1) is 5.92 Å². The predicted octanol–water partition coefficient (Wildman–Crippen LogP) is 3.24. The number of ether oxygens (including phenoxy) is 3. The van der Waals surface area contributed by atoms with Crippen LogP contribution >= 0.6 is 0 Å². The number of benzene rings is 2. The van der Waals surface area contributed by atoms with Gasteiger partial charge in [0, 0.05) is 43.7 Å². The molecule has 0 N–H and O–H groups in total. The first kappa shape index (κ1) is 23.0. The van der Waals surface area contributed by atoms with Crippen molar-refractivity contribution in [1.29, 1.82) is 0 Å². The van der Waals surface area contributed by atoms with Gasteiger partial charge in [-0.1, -0.05) is 0 Å². The van der Waals surface area contributed by atoms with Gasteiger partial charge in [-0.2, -0.15) is 4.31 Å². The molecule has 0 aromatic heterocycles. The lowest BCUT2D eigenvalue weighted by Crippen LogP contribution is -2.45. The molecule has 1 saturated heterocycles. The molecule has 3 aliphatic rings. The van der Waals surface area contributed by atoms with Crippen molar-refractivity contribution in [2.24, 2.45) is 5.92 Å².